The van der Waals surface area contributed by atoms with Gasteiger partial charge in [-0.1, -0.05) is 13.8 Å². The number of nitrogens with one attached hydrogen (secondary N) is 1. The van der Waals surface area contributed by atoms with E-state index in [1.807, 2.05) is 6.20 Å². The van der Waals surface area contributed by atoms with Crippen molar-refractivity contribution in [2.75, 3.05) is 13.2 Å². The van der Waals surface area contributed by atoms with Gasteiger partial charge in [0.2, 0.25) is 0 Å². The molecule has 0 bridgehead atoms. The molecule has 1 aliphatic heterocycles. The average Bonchev–Trinajstić information content (AvgIpc) is 2.78. The Bertz CT molecular complexity index is 374. The van der Waals surface area contributed by atoms with Gasteiger partial charge in [-0.25, -0.2) is 0 Å². The molecular formula is C11H18N2OS. The Morgan fingerprint density at radius 1 is 1.67 bits per heavy atom. The minimum Gasteiger partial charge on any atom is -0.381 e. The summed E-state index contributed by atoms with van der Waals surface area (Å²) in [7, 11) is 0. The molecule has 4 heteroatoms. The fraction of sp³-hybridized carbons (Fsp3) is 0.727. The summed E-state index contributed by atoms with van der Waals surface area (Å²) in [5, 5.41) is 0. The van der Waals surface area contributed by atoms with Crippen LogP contribution in [0, 0.1) is 10.7 Å². The summed E-state index contributed by atoms with van der Waals surface area (Å²) in [6, 6.07) is 0. The number of H-pyrrole nitrogens is 1. The first-order valence-electron chi connectivity index (χ1n) is 5.54. The van der Waals surface area contributed by atoms with Crippen LogP contribution >= 0.6 is 12.2 Å². The average molecular weight is 226 g/mol. The Labute approximate surface area is 95.5 Å². The van der Waals surface area contributed by atoms with Crippen molar-refractivity contribution in [1.82, 2.24) is 9.55 Å². The molecule has 0 aromatic carbocycles. The Morgan fingerprint density at radius 3 is 3.07 bits per heavy atom. The van der Waals surface area contributed by atoms with Gasteiger partial charge in [0.15, 0.2) is 4.77 Å². The van der Waals surface area contributed by atoms with E-state index in [-0.39, 0.29) is 0 Å². The van der Waals surface area contributed by atoms with Gasteiger partial charge in [-0.2, -0.15) is 0 Å². The summed E-state index contributed by atoms with van der Waals surface area (Å²) in [6.45, 7) is 7.17. The number of imidazole rings is 1. The minimum atomic E-state index is 0.514. The molecule has 0 aliphatic carbocycles. The van der Waals surface area contributed by atoms with E-state index < -0.39 is 0 Å². The summed E-state index contributed by atoms with van der Waals surface area (Å²) in [5.74, 6) is 1.14. The Hall–Kier alpha value is -0.610. The Morgan fingerprint density at radius 2 is 2.47 bits per heavy atom. The van der Waals surface area contributed by atoms with Crippen LogP contribution in [0.3, 0.4) is 0 Å². The van der Waals surface area contributed by atoms with Crippen molar-refractivity contribution in [3.8, 4) is 0 Å². The van der Waals surface area contributed by atoms with Gasteiger partial charge >= 0.3 is 0 Å². The molecule has 2 rings (SSSR count). The van der Waals surface area contributed by atoms with E-state index in [0.29, 0.717) is 11.8 Å². The molecular weight excluding hydrogens is 208 g/mol. The van der Waals surface area contributed by atoms with Gasteiger partial charge in [0.25, 0.3) is 0 Å². The molecule has 1 atom stereocenters. The van der Waals surface area contributed by atoms with Gasteiger partial charge in [-0.15, -0.1) is 0 Å². The number of ether oxygens (including phenoxy) is 1. The normalized spacial score (nSPS) is 21.4. The van der Waals surface area contributed by atoms with Gasteiger partial charge in [0.05, 0.1) is 6.61 Å². The third kappa shape index (κ3) is 2.32. The zero-order valence-corrected chi connectivity index (χ0v) is 10.1. The largest absolute Gasteiger partial charge is 0.381 e. The first kappa shape index (κ1) is 10.9. The molecule has 84 valence electrons. The summed E-state index contributed by atoms with van der Waals surface area (Å²) in [5.41, 5.74) is 1.30. The molecule has 3 nitrogen and oxygen atoms in total. The van der Waals surface area contributed by atoms with Crippen molar-refractivity contribution in [1.29, 1.82) is 0 Å². The lowest BCUT2D eigenvalue weighted by Crippen LogP contribution is -2.13. The first-order chi connectivity index (χ1) is 7.18. The molecule has 1 fully saturated rings. The third-order valence-corrected chi connectivity index (χ3v) is 3.29. The molecule has 0 amide bonds. The smallest absolute Gasteiger partial charge is 0.177 e. The second-order valence-electron chi connectivity index (χ2n) is 4.51. The molecule has 0 radical (unpaired) electrons. The Kier molecular flexibility index (Phi) is 3.26. The van der Waals surface area contributed by atoms with Crippen LogP contribution in [0.25, 0.3) is 0 Å². The standard InChI is InChI=1S/C11H18N2OS/c1-8(2)10-5-12-11(15)13(10)6-9-3-4-14-7-9/h5,8-9H,3-4,6-7H2,1-2H3,(H,12,15). The van der Waals surface area contributed by atoms with Crippen LogP contribution in [-0.2, 0) is 11.3 Å². The van der Waals surface area contributed by atoms with Crippen molar-refractivity contribution >= 4 is 12.2 Å². The van der Waals surface area contributed by atoms with Gasteiger partial charge in [0.1, 0.15) is 0 Å². The molecule has 0 spiro atoms. The molecule has 1 saturated heterocycles. The van der Waals surface area contributed by atoms with E-state index in [9.17, 15) is 0 Å². The zero-order valence-electron chi connectivity index (χ0n) is 9.32. The topological polar surface area (TPSA) is 29.9 Å². The number of aromatic nitrogens is 2. The molecule has 1 unspecified atom stereocenters. The maximum absolute atomic E-state index is 5.39. The lowest BCUT2D eigenvalue weighted by Gasteiger charge is -2.14. The number of nitrogens with zero attached hydrogens (tertiary/aromatic N) is 1. The van der Waals surface area contributed by atoms with E-state index in [4.69, 9.17) is 17.0 Å². The molecule has 15 heavy (non-hydrogen) atoms. The maximum Gasteiger partial charge on any atom is 0.177 e. The highest BCUT2D eigenvalue weighted by Crippen LogP contribution is 2.20. The van der Waals surface area contributed by atoms with Crippen LogP contribution in [0.1, 0.15) is 31.9 Å². The lowest BCUT2D eigenvalue weighted by molar-refractivity contribution is 0.182. The third-order valence-electron chi connectivity index (χ3n) is 2.96. The monoisotopic (exact) mass is 226 g/mol. The van der Waals surface area contributed by atoms with Gasteiger partial charge in [-0.05, 0) is 24.6 Å². The molecule has 0 saturated carbocycles. The lowest BCUT2D eigenvalue weighted by atomic mass is 10.1. The van der Waals surface area contributed by atoms with Gasteiger partial charge in [0, 0.05) is 31.0 Å². The number of aromatic amines is 1. The highest BCUT2D eigenvalue weighted by atomic mass is 32.1. The van der Waals surface area contributed by atoms with Crippen molar-refractivity contribution in [3.63, 3.8) is 0 Å². The molecule has 1 N–H and O–H groups in total. The predicted molar refractivity (Wildman–Crippen MR) is 62.6 cm³/mol. The SMILES string of the molecule is CC(C)c1c[nH]c(=S)n1CC1CCOC1. The summed E-state index contributed by atoms with van der Waals surface area (Å²) in [6.07, 6.45) is 3.19. The van der Waals surface area contributed by atoms with Crippen LogP contribution in [0.5, 0.6) is 0 Å². The van der Waals surface area contributed by atoms with Crippen LogP contribution in [0.15, 0.2) is 6.20 Å². The van der Waals surface area contributed by atoms with Crippen LogP contribution < -0.4 is 0 Å². The summed E-state index contributed by atoms with van der Waals surface area (Å²) in [4.78, 5) is 3.13. The first-order valence-corrected chi connectivity index (χ1v) is 5.95. The predicted octanol–water partition coefficient (Wildman–Crippen LogP) is 2.71. The minimum absolute atomic E-state index is 0.514. The molecule has 1 aromatic heterocycles. The van der Waals surface area contributed by atoms with Crippen LogP contribution in [0.4, 0.5) is 0 Å². The zero-order chi connectivity index (χ0) is 10.8. The van der Waals surface area contributed by atoms with E-state index >= 15 is 0 Å². The van der Waals surface area contributed by atoms with Crippen molar-refractivity contribution in [3.05, 3.63) is 16.7 Å². The second kappa shape index (κ2) is 4.49. The maximum atomic E-state index is 5.39. The van der Waals surface area contributed by atoms with Crippen molar-refractivity contribution in [2.24, 2.45) is 5.92 Å². The van der Waals surface area contributed by atoms with Crippen molar-refractivity contribution in [2.45, 2.75) is 32.7 Å². The highest BCUT2D eigenvalue weighted by Gasteiger charge is 2.18. The molecule has 2 heterocycles. The fourth-order valence-corrected chi connectivity index (χ4v) is 2.30. The van der Waals surface area contributed by atoms with Gasteiger partial charge in [-0.3, -0.25) is 0 Å². The quantitative estimate of drug-likeness (QED) is 0.803. The second-order valence-corrected chi connectivity index (χ2v) is 4.90. The highest BCUT2D eigenvalue weighted by molar-refractivity contribution is 7.71. The fourth-order valence-electron chi connectivity index (χ4n) is 2.06. The summed E-state index contributed by atoms with van der Waals surface area (Å²) < 4.78 is 8.45. The van der Waals surface area contributed by atoms with E-state index in [0.717, 1.165) is 31.0 Å². The van der Waals surface area contributed by atoms with Crippen molar-refractivity contribution < 1.29 is 4.74 Å². The number of hydrogen-bond donors (Lipinski definition) is 1. The van der Waals surface area contributed by atoms with Gasteiger partial charge < -0.3 is 14.3 Å². The van der Waals surface area contributed by atoms with E-state index in [1.54, 1.807) is 0 Å². The van der Waals surface area contributed by atoms with Crippen LogP contribution in [-0.4, -0.2) is 22.8 Å². The van der Waals surface area contributed by atoms with Crippen LogP contribution in [0.2, 0.25) is 0 Å². The van der Waals surface area contributed by atoms with E-state index in [2.05, 4.69) is 23.4 Å². The molecule has 1 aliphatic rings. The van der Waals surface area contributed by atoms with E-state index in [1.165, 1.54) is 5.69 Å². The Balaban J connectivity index is 2.18. The summed E-state index contributed by atoms with van der Waals surface area (Å²) >= 11 is 5.29. The molecule has 1 aromatic rings. The number of hydrogen-bond acceptors (Lipinski definition) is 2. The number of rotatable bonds is 3.